The van der Waals surface area contributed by atoms with Crippen molar-refractivity contribution in [2.75, 3.05) is 0 Å². The molecule has 6 heteroatoms. The minimum atomic E-state index is -0.414. The average molecular weight is 202 g/mol. The van der Waals surface area contributed by atoms with Crippen LogP contribution in [0, 0.1) is 0 Å². The number of oxime groups is 1. The first kappa shape index (κ1) is 12.7. The summed E-state index contributed by atoms with van der Waals surface area (Å²) in [6, 6.07) is -0.417. The fourth-order valence-corrected chi connectivity index (χ4v) is 1.05. The van der Waals surface area contributed by atoms with Crippen LogP contribution in [0.15, 0.2) is 5.16 Å². The zero-order chi connectivity index (χ0) is 11.1. The third-order valence-corrected chi connectivity index (χ3v) is 1.99. The lowest BCUT2D eigenvalue weighted by Crippen LogP contribution is -2.45. The highest BCUT2D eigenvalue weighted by Crippen LogP contribution is 1.99. The number of amidine groups is 1. The maximum Gasteiger partial charge on any atom is 0.234 e. The molecule has 0 saturated carbocycles. The molecule has 0 aliphatic heterocycles. The quantitative estimate of drug-likeness (QED) is 0.198. The molecule has 82 valence electrons. The van der Waals surface area contributed by atoms with Gasteiger partial charge in [0.2, 0.25) is 5.91 Å². The van der Waals surface area contributed by atoms with E-state index in [9.17, 15) is 4.79 Å². The van der Waals surface area contributed by atoms with Crippen LogP contribution >= 0.6 is 0 Å². The molecule has 0 aliphatic carbocycles. The summed E-state index contributed by atoms with van der Waals surface area (Å²) in [7, 11) is 0. The van der Waals surface area contributed by atoms with Gasteiger partial charge in [-0.2, -0.15) is 0 Å². The van der Waals surface area contributed by atoms with Gasteiger partial charge >= 0.3 is 0 Å². The van der Waals surface area contributed by atoms with Crippen LogP contribution in [0.1, 0.15) is 26.7 Å². The van der Waals surface area contributed by atoms with Crippen molar-refractivity contribution < 1.29 is 10.0 Å². The van der Waals surface area contributed by atoms with Gasteiger partial charge in [-0.15, -0.1) is 0 Å². The SMILES string of the molecule is CCC(CC(N)=NO)NC(C)C(N)=O. The second-order valence-electron chi connectivity index (χ2n) is 3.19. The van der Waals surface area contributed by atoms with Crippen molar-refractivity contribution in [3.05, 3.63) is 0 Å². The molecule has 0 aliphatic rings. The summed E-state index contributed by atoms with van der Waals surface area (Å²) in [5, 5.41) is 14.2. The summed E-state index contributed by atoms with van der Waals surface area (Å²) in [4.78, 5) is 10.8. The lowest BCUT2D eigenvalue weighted by Gasteiger charge is -2.19. The number of rotatable bonds is 6. The molecule has 0 aromatic carbocycles. The number of nitrogens with one attached hydrogen (secondary N) is 1. The second kappa shape index (κ2) is 6.20. The predicted octanol–water partition coefficient (Wildman–Crippen LogP) is -0.635. The second-order valence-corrected chi connectivity index (χ2v) is 3.19. The van der Waals surface area contributed by atoms with Crippen LogP contribution in [0.5, 0.6) is 0 Å². The first-order chi connectivity index (χ1) is 6.51. The molecular formula is C8H18N4O2. The van der Waals surface area contributed by atoms with E-state index in [-0.39, 0.29) is 11.9 Å². The van der Waals surface area contributed by atoms with Gasteiger partial charge in [0.1, 0.15) is 5.84 Å². The molecular weight excluding hydrogens is 184 g/mol. The summed E-state index contributed by atoms with van der Waals surface area (Å²) in [6.07, 6.45) is 1.17. The summed E-state index contributed by atoms with van der Waals surface area (Å²) >= 11 is 0. The van der Waals surface area contributed by atoms with Crippen molar-refractivity contribution >= 4 is 11.7 Å². The smallest absolute Gasteiger partial charge is 0.234 e. The van der Waals surface area contributed by atoms with Gasteiger partial charge in [0.05, 0.1) is 6.04 Å². The van der Waals surface area contributed by atoms with Gasteiger partial charge in [0, 0.05) is 12.5 Å². The third kappa shape index (κ3) is 4.66. The van der Waals surface area contributed by atoms with Gasteiger partial charge in [-0.05, 0) is 13.3 Å². The number of nitrogens with two attached hydrogens (primary N) is 2. The highest BCUT2D eigenvalue weighted by molar-refractivity contribution is 5.81. The standard InChI is InChI=1S/C8H18N4O2/c1-3-6(4-7(9)12-14)11-5(2)8(10)13/h5-6,11,14H,3-4H2,1-2H3,(H2,9,12)(H2,10,13). The first-order valence-electron chi connectivity index (χ1n) is 4.53. The van der Waals surface area contributed by atoms with E-state index in [0.29, 0.717) is 6.42 Å². The molecule has 0 heterocycles. The van der Waals surface area contributed by atoms with E-state index >= 15 is 0 Å². The number of primary amides is 1. The maximum atomic E-state index is 10.8. The zero-order valence-electron chi connectivity index (χ0n) is 8.53. The Kier molecular flexibility index (Phi) is 5.62. The Balaban J connectivity index is 4.09. The highest BCUT2D eigenvalue weighted by Gasteiger charge is 2.15. The van der Waals surface area contributed by atoms with E-state index in [1.165, 1.54) is 0 Å². The molecule has 0 spiro atoms. The van der Waals surface area contributed by atoms with E-state index in [0.717, 1.165) is 6.42 Å². The van der Waals surface area contributed by atoms with E-state index < -0.39 is 11.9 Å². The van der Waals surface area contributed by atoms with Crippen LogP contribution in [0.4, 0.5) is 0 Å². The van der Waals surface area contributed by atoms with E-state index in [1.54, 1.807) is 6.92 Å². The number of hydrogen-bond donors (Lipinski definition) is 4. The van der Waals surface area contributed by atoms with Crippen LogP contribution in [0.25, 0.3) is 0 Å². The number of amides is 1. The Labute approximate surface area is 83.3 Å². The lowest BCUT2D eigenvalue weighted by molar-refractivity contribution is -0.119. The molecule has 2 atom stereocenters. The van der Waals surface area contributed by atoms with Crippen molar-refractivity contribution in [3.63, 3.8) is 0 Å². The number of nitrogens with zero attached hydrogens (tertiary/aromatic N) is 1. The van der Waals surface area contributed by atoms with Gasteiger partial charge in [-0.1, -0.05) is 12.1 Å². The fourth-order valence-electron chi connectivity index (χ4n) is 1.05. The fraction of sp³-hybridized carbons (Fsp3) is 0.750. The van der Waals surface area contributed by atoms with Gasteiger partial charge < -0.3 is 22.0 Å². The average Bonchev–Trinajstić information content (AvgIpc) is 2.16. The van der Waals surface area contributed by atoms with Crippen molar-refractivity contribution in [2.24, 2.45) is 16.6 Å². The monoisotopic (exact) mass is 202 g/mol. The Morgan fingerprint density at radius 2 is 2.14 bits per heavy atom. The van der Waals surface area contributed by atoms with Crippen LogP contribution in [-0.4, -0.2) is 29.0 Å². The summed E-state index contributed by atoms with van der Waals surface area (Å²) in [5.74, 6) is -0.274. The van der Waals surface area contributed by atoms with Crippen LogP contribution < -0.4 is 16.8 Å². The van der Waals surface area contributed by atoms with Crippen molar-refractivity contribution in [1.82, 2.24) is 5.32 Å². The predicted molar refractivity (Wildman–Crippen MR) is 53.9 cm³/mol. The van der Waals surface area contributed by atoms with Gasteiger partial charge in [0.15, 0.2) is 0 Å². The summed E-state index contributed by atoms with van der Waals surface area (Å²) < 4.78 is 0. The minimum absolute atomic E-state index is 0.00611. The molecule has 0 saturated heterocycles. The molecule has 6 N–H and O–H groups in total. The van der Waals surface area contributed by atoms with Crippen LogP contribution in [-0.2, 0) is 4.79 Å². The van der Waals surface area contributed by atoms with Crippen molar-refractivity contribution in [2.45, 2.75) is 38.8 Å². The Bertz CT molecular complexity index is 217. The van der Waals surface area contributed by atoms with Gasteiger partial charge in [0.25, 0.3) is 0 Å². The molecule has 1 amide bonds. The van der Waals surface area contributed by atoms with E-state index in [1.807, 2.05) is 6.92 Å². The van der Waals surface area contributed by atoms with Crippen LogP contribution in [0.2, 0.25) is 0 Å². The third-order valence-electron chi connectivity index (χ3n) is 1.99. The van der Waals surface area contributed by atoms with Crippen LogP contribution in [0.3, 0.4) is 0 Å². The summed E-state index contributed by atoms with van der Waals surface area (Å²) in [6.45, 7) is 3.62. The number of hydrogen-bond acceptors (Lipinski definition) is 4. The van der Waals surface area contributed by atoms with E-state index in [4.69, 9.17) is 16.7 Å². The number of carbonyl (C=O) groups is 1. The summed E-state index contributed by atoms with van der Waals surface area (Å²) in [5.41, 5.74) is 10.4. The molecule has 0 rings (SSSR count). The van der Waals surface area contributed by atoms with Gasteiger partial charge in [-0.3, -0.25) is 4.79 Å². The first-order valence-corrected chi connectivity index (χ1v) is 4.53. The Morgan fingerprint density at radius 3 is 2.50 bits per heavy atom. The minimum Gasteiger partial charge on any atom is -0.409 e. The molecule has 0 aromatic rings. The van der Waals surface area contributed by atoms with E-state index in [2.05, 4.69) is 10.5 Å². The van der Waals surface area contributed by atoms with Gasteiger partial charge in [-0.25, -0.2) is 0 Å². The largest absolute Gasteiger partial charge is 0.409 e. The Hall–Kier alpha value is -1.30. The van der Waals surface area contributed by atoms with Crippen molar-refractivity contribution in [3.8, 4) is 0 Å². The number of carbonyl (C=O) groups excluding carboxylic acids is 1. The Morgan fingerprint density at radius 1 is 1.57 bits per heavy atom. The highest BCUT2D eigenvalue weighted by atomic mass is 16.4. The maximum absolute atomic E-state index is 10.8. The molecule has 0 radical (unpaired) electrons. The molecule has 6 nitrogen and oxygen atoms in total. The lowest BCUT2D eigenvalue weighted by atomic mass is 10.1. The molecule has 14 heavy (non-hydrogen) atoms. The topological polar surface area (TPSA) is 114 Å². The van der Waals surface area contributed by atoms with Crippen molar-refractivity contribution in [1.29, 1.82) is 0 Å². The molecule has 0 bridgehead atoms. The normalized spacial score (nSPS) is 16.3. The molecule has 2 unspecified atom stereocenters. The molecule has 0 aromatic heterocycles. The zero-order valence-corrected chi connectivity index (χ0v) is 8.53. The molecule has 0 fully saturated rings.